The minimum absolute atomic E-state index is 0.134. The van der Waals surface area contributed by atoms with E-state index < -0.39 is 4.83 Å². The van der Waals surface area contributed by atoms with Crippen LogP contribution in [-0.2, 0) is 4.79 Å². The monoisotopic (exact) mass is 382 g/mol. The Morgan fingerprint density at radius 2 is 1.42 bits per heavy atom. The van der Waals surface area contributed by atoms with Gasteiger partial charge in [-0.25, -0.2) is 0 Å². The lowest BCUT2D eigenvalue weighted by molar-refractivity contribution is -0.133. The predicted molar refractivity (Wildman–Crippen MR) is 82.9 cm³/mol. The Hall–Kier alpha value is -1.13. The molecule has 2 aromatic rings. The van der Waals surface area contributed by atoms with Crippen molar-refractivity contribution in [2.75, 3.05) is 0 Å². The Balaban J connectivity index is 2.03. The first kappa shape index (κ1) is 14.3. The van der Waals surface area contributed by atoms with Crippen molar-refractivity contribution in [3.05, 3.63) is 66.2 Å². The van der Waals surface area contributed by atoms with Crippen LogP contribution < -0.4 is 4.74 Å². The van der Waals surface area contributed by atoms with Gasteiger partial charge >= 0.3 is 5.97 Å². The second kappa shape index (κ2) is 6.87. The van der Waals surface area contributed by atoms with Crippen LogP contribution in [0.4, 0.5) is 0 Å². The number of esters is 1. The maximum atomic E-state index is 12.0. The molecule has 2 nitrogen and oxygen atoms in total. The number of rotatable bonds is 4. The maximum Gasteiger partial charge on any atom is 0.326 e. The van der Waals surface area contributed by atoms with Crippen LogP contribution in [-0.4, -0.2) is 10.8 Å². The van der Waals surface area contributed by atoms with Crippen molar-refractivity contribution >= 4 is 37.8 Å². The Morgan fingerprint density at radius 3 is 2.00 bits per heavy atom. The van der Waals surface area contributed by atoms with Crippen molar-refractivity contribution < 1.29 is 9.53 Å². The van der Waals surface area contributed by atoms with E-state index in [1.807, 2.05) is 48.5 Å². The molecule has 2 rings (SSSR count). The normalized spacial score (nSPS) is 13.6. The molecule has 0 aliphatic rings. The molecule has 0 aliphatic carbocycles. The molecule has 2 aromatic carbocycles. The van der Waals surface area contributed by atoms with E-state index in [-0.39, 0.29) is 10.8 Å². The molecule has 98 valence electrons. The second-order valence-electron chi connectivity index (χ2n) is 3.95. The van der Waals surface area contributed by atoms with Crippen LogP contribution in [0.1, 0.15) is 10.4 Å². The van der Waals surface area contributed by atoms with Crippen LogP contribution in [0.2, 0.25) is 0 Å². The molecule has 0 heterocycles. The summed E-state index contributed by atoms with van der Waals surface area (Å²) in [5, 5.41) is 0. The van der Waals surface area contributed by atoms with Crippen molar-refractivity contribution in [3.8, 4) is 5.75 Å². The van der Waals surface area contributed by atoms with E-state index in [1.165, 1.54) is 0 Å². The van der Waals surface area contributed by atoms with Crippen LogP contribution >= 0.6 is 31.9 Å². The van der Waals surface area contributed by atoms with E-state index in [4.69, 9.17) is 4.74 Å². The van der Waals surface area contributed by atoms with Gasteiger partial charge in [-0.3, -0.25) is 4.79 Å². The van der Waals surface area contributed by atoms with Gasteiger partial charge in [0.1, 0.15) is 10.6 Å². The SMILES string of the molecule is O=C(Oc1ccccc1)[C@@H](Br)[C@H](Br)c1ccccc1. The van der Waals surface area contributed by atoms with Crippen LogP contribution in [0.3, 0.4) is 0 Å². The lowest BCUT2D eigenvalue weighted by atomic mass is 10.1. The molecule has 0 aliphatic heterocycles. The third-order valence-electron chi connectivity index (χ3n) is 2.56. The largest absolute Gasteiger partial charge is 0.426 e. The number of ether oxygens (including phenoxy) is 1. The van der Waals surface area contributed by atoms with Crippen LogP contribution in [0.25, 0.3) is 0 Å². The Labute approximate surface area is 129 Å². The molecule has 0 radical (unpaired) electrons. The molecule has 0 amide bonds. The molecule has 0 N–H and O–H groups in total. The van der Waals surface area contributed by atoms with Gasteiger partial charge in [-0.15, -0.1) is 0 Å². The Morgan fingerprint density at radius 1 is 0.895 bits per heavy atom. The van der Waals surface area contributed by atoms with Gasteiger partial charge in [0.15, 0.2) is 0 Å². The molecular formula is C15H12Br2O2. The zero-order valence-electron chi connectivity index (χ0n) is 10.0. The molecule has 0 aromatic heterocycles. The lowest BCUT2D eigenvalue weighted by Crippen LogP contribution is -2.24. The van der Waals surface area contributed by atoms with E-state index in [2.05, 4.69) is 31.9 Å². The maximum absolute atomic E-state index is 12.0. The van der Waals surface area contributed by atoms with Gasteiger partial charge in [0, 0.05) is 0 Å². The number of benzene rings is 2. The average molecular weight is 384 g/mol. The zero-order valence-corrected chi connectivity index (χ0v) is 13.2. The molecule has 4 heteroatoms. The fourth-order valence-electron chi connectivity index (χ4n) is 1.59. The molecule has 0 saturated carbocycles. The number of carbonyl (C=O) groups is 1. The Bertz CT molecular complexity index is 528. The van der Waals surface area contributed by atoms with Crippen LogP contribution in [0.15, 0.2) is 60.7 Å². The number of halogens is 2. The van der Waals surface area contributed by atoms with Gasteiger partial charge in [0.2, 0.25) is 0 Å². The smallest absolute Gasteiger partial charge is 0.326 e. The van der Waals surface area contributed by atoms with E-state index >= 15 is 0 Å². The first-order valence-corrected chi connectivity index (χ1v) is 7.61. The average Bonchev–Trinajstić information content (AvgIpc) is 2.47. The van der Waals surface area contributed by atoms with Gasteiger partial charge in [0.25, 0.3) is 0 Å². The Kier molecular flexibility index (Phi) is 5.16. The van der Waals surface area contributed by atoms with Crippen molar-refractivity contribution in [1.82, 2.24) is 0 Å². The van der Waals surface area contributed by atoms with Gasteiger partial charge < -0.3 is 4.74 Å². The fraction of sp³-hybridized carbons (Fsp3) is 0.133. The molecule has 0 saturated heterocycles. The molecular weight excluding hydrogens is 372 g/mol. The summed E-state index contributed by atoms with van der Waals surface area (Å²) in [6, 6.07) is 18.8. The van der Waals surface area contributed by atoms with Crippen molar-refractivity contribution in [2.45, 2.75) is 9.65 Å². The van der Waals surface area contributed by atoms with Crippen molar-refractivity contribution in [2.24, 2.45) is 0 Å². The van der Waals surface area contributed by atoms with Gasteiger partial charge in [-0.2, -0.15) is 0 Å². The van der Waals surface area contributed by atoms with Gasteiger partial charge in [-0.1, -0.05) is 80.4 Å². The summed E-state index contributed by atoms with van der Waals surface area (Å²) in [5.74, 6) is 0.224. The molecule has 0 fully saturated rings. The summed E-state index contributed by atoms with van der Waals surface area (Å²) in [6.45, 7) is 0. The standard InChI is InChI=1S/C15H12Br2O2/c16-13(11-7-3-1-4-8-11)14(17)15(18)19-12-9-5-2-6-10-12/h1-10,13-14H/t13-,14+/m1/s1. The summed E-state index contributed by atoms with van der Waals surface area (Å²) in [7, 11) is 0. The molecule has 2 atom stereocenters. The summed E-state index contributed by atoms with van der Waals surface area (Å²) in [4.78, 5) is 11.4. The van der Waals surface area contributed by atoms with E-state index in [1.54, 1.807) is 12.1 Å². The highest BCUT2D eigenvalue weighted by Gasteiger charge is 2.26. The highest BCUT2D eigenvalue weighted by Crippen LogP contribution is 2.32. The number of hydrogen-bond acceptors (Lipinski definition) is 2. The van der Waals surface area contributed by atoms with E-state index in [0.717, 1.165) is 5.56 Å². The topological polar surface area (TPSA) is 26.3 Å². The van der Waals surface area contributed by atoms with E-state index in [0.29, 0.717) is 5.75 Å². The quantitative estimate of drug-likeness (QED) is 0.441. The van der Waals surface area contributed by atoms with E-state index in [9.17, 15) is 4.79 Å². The zero-order chi connectivity index (χ0) is 13.7. The summed E-state index contributed by atoms with van der Waals surface area (Å²) in [5.41, 5.74) is 1.02. The molecule has 0 spiro atoms. The van der Waals surface area contributed by atoms with Gasteiger partial charge in [-0.05, 0) is 17.7 Å². The number of para-hydroxylation sites is 1. The summed E-state index contributed by atoms with van der Waals surface area (Å²) < 4.78 is 5.30. The van der Waals surface area contributed by atoms with Crippen molar-refractivity contribution in [3.63, 3.8) is 0 Å². The highest BCUT2D eigenvalue weighted by atomic mass is 79.9. The molecule has 0 unspecified atom stereocenters. The third-order valence-corrected chi connectivity index (χ3v) is 5.23. The van der Waals surface area contributed by atoms with Crippen LogP contribution in [0.5, 0.6) is 5.75 Å². The fourth-order valence-corrected chi connectivity index (χ4v) is 2.51. The molecule has 0 bridgehead atoms. The number of alkyl halides is 2. The third kappa shape index (κ3) is 3.91. The first-order valence-electron chi connectivity index (χ1n) is 5.78. The highest BCUT2D eigenvalue weighted by molar-refractivity contribution is 9.12. The van der Waals surface area contributed by atoms with Gasteiger partial charge in [0.05, 0.1) is 4.83 Å². The predicted octanol–water partition coefficient (Wildman–Crippen LogP) is 4.49. The van der Waals surface area contributed by atoms with Crippen molar-refractivity contribution in [1.29, 1.82) is 0 Å². The number of hydrogen-bond donors (Lipinski definition) is 0. The molecule has 19 heavy (non-hydrogen) atoms. The minimum atomic E-state index is -0.449. The minimum Gasteiger partial charge on any atom is -0.426 e. The summed E-state index contributed by atoms with van der Waals surface area (Å²) >= 11 is 6.90. The van der Waals surface area contributed by atoms with Crippen LogP contribution in [0, 0.1) is 0 Å². The lowest BCUT2D eigenvalue weighted by Gasteiger charge is -2.16. The second-order valence-corrected chi connectivity index (χ2v) is 5.92. The number of carbonyl (C=O) groups excluding carboxylic acids is 1. The first-order chi connectivity index (χ1) is 9.18. The summed E-state index contributed by atoms with van der Waals surface area (Å²) in [6.07, 6.45) is 0.